The molecule has 5 heteroatoms. The van der Waals surface area contributed by atoms with Crippen molar-refractivity contribution in [1.29, 1.82) is 0 Å². The number of benzene rings is 2. The van der Waals surface area contributed by atoms with Crippen molar-refractivity contribution in [2.45, 2.75) is 0 Å². The number of methoxy groups -OCH3 is 2. The summed E-state index contributed by atoms with van der Waals surface area (Å²) < 4.78 is 10.4. The van der Waals surface area contributed by atoms with Gasteiger partial charge in [0.1, 0.15) is 11.5 Å². The summed E-state index contributed by atoms with van der Waals surface area (Å²) in [6, 6.07) is 14.4. The fourth-order valence-electron chi connectivity index (χ4n) is 1.88. The van der Waals surface area contributed by atoms with Crippen molar-refractivity contribution >= 4 is 17.4 Å². The molecule has 0 fully saturated rings. The Morgan fingerprint density at radius 3 is 2.38 bits per heavy atom. The zero-order valence-electron chi connectivity index (χ0n) is 12.3. The zero-order valence-corrected chi connectivity index (χ0v) is 12.3. The van der Waals surface area contributed by atoms with Gasteiger partial charge < -0.3 is 14.8 Å². The number of para-hydroxylation sites is 1. The fourth-order valence-corrected chi connectivity index (χ4v) is 1.88. The predicted molar refractivity (Wildman–Crippen MR) is 83.4 cm³/mol. The second kappa shape index (κ2) is 6.65. The maximum Gasteiger partial charge on any atom is 0.326 e. The number of nitrogens with zero attached hydrogens (tertiary/aromatic N) is 1. The van der Waals surface area contributed by atoms with Crippen molar-refractivity contribution < 1.29 is 14.3 Å². The van der Waals surface area contributed by atoms with E-state index in [1.807, 2.05) is 30.3 Å². The number of urea groups is 1. The Kier molecular flexibility index (Phi) is 4.66. The molecule has 2 amide bonds. The summed E-state index contributed by atoms with van der Waals surface area (Å²) >= 11 is 0. The second-order valence-corrected chi connectivity index (χ2v) is 4.39. The van der Waals surface area contributed by atoms with Crippen molar-refractivity contribution in [3.8, 4) is 11.5 Å². The minimum Gasteiger partial charge on any atom is -0.497 e. The average molecular weight is 286 g/mol. The number of amides is 2. The topological polar surface area (TPSA) is 50.8 Å². The van der Waals surface area contributed by atoms with Crippen LogP contribution in [0, 0.1) is 0 Å². The quantitative estimate of drug-likeness (QED) is 0.937. The Balaban J connectivity index is 2.19. The molecule has 21 heavy (non-hydrogen) atoms. The zero-order chi connectivity index (χ0) is 15.2. The van der Waals surface area contributed by atoms with Crippen LogP contribution in [0.4, 0.5) is 16.2 Å². The maximum atomic E-state index is 12.3. The van der Waals surface area contributed by atoms with Crippen molar-refractivity contribution in [1.82, 2.24) is 0 Å². The van der Waals surface area contributed by atoms with Gasteiger partial charge in [0.25, 0.3) is 0 Å². The lowest BCUT2D eigenvalue weighted by atomic mass is 10.2. The van der Waals surface area contributed by atoms with Crippen LogP contribution in [-0.2, 0) is 0 Å². The molecule has 0 radical (unpaired) electrons. The average Bonchev–Trinajstić information content (AvgIpc) is 2.54. The lowest BCUT2D eigenvalue weighted by Gasteiger charge is -2.19. The van der Waals surface area contributed by atoms with E-state index in [1.165, 1.54) is 4.90 Å². The molecule has 0 aliphatic heterocycles. The third-order valence-electron chi connectivity index (χ3n) is 3.10. The summed E-state index contributed by atoms with van der Waals surface area (Å²) in [4.78, 5) is 13.8. The molecule has 0 aliphatic carbocycles. The van der Waals surface area contributed by atoms with E-state index in [1.54, 1.807) is 39.5 Å². The van der Waals surface area contributed by atoms with E-state index in [9.17, 15) is 4.79 Å². The lowest BCUT2D eigenvalue weighted by Crippen LogP contribution is -2.31. The molecular weight excluding hydrogens is 268 g/mol. The highest BCUT2D eigenvalue weighted by molar-refractivity contribution is 6.02. The normalized spacial score (nSPS) is 9.86. The van der Waals surface area contributed by atoms with E-state index < -0.39 is 0 Å². The number of hydrogen-bond acceptors (Lipinski definition) is 3. The minimum atomic E-state index is -0.257. The molecule has 0 aliphatic rings. The van der Waals surface area contributed by atoms with E-state index in [0.29, 0.717) is 17.2 Å². The first-order valence-electron chi connectivity index (χ1n) is 6.47. The molecule has 0 saturated heterocycles. The Hall–Kier alpha value is -2.69. The Morgan fingerprint density at radius 1 is 1.05 bits per heavy atom. The summed E-state index contributed by atoms with van der Waals surface area (Å²) in [5, 5.41) is 2.82. The molecule has 1 N–H and O–H groups in total. The molecule has 0 heterocycles. The first-order chi connectivity index (χ1) is 10.2. The van der Waals surface area contributed by atoms with Gasteiger partial charge >= 0.3 is 6.03 Å². The number of nitrogens with one attached hydrogen (secondary N) is 1. The van der Waals surface area contributed by atoms with Crippen molar-refractivity contribution in [2.75, 3.05) is 31.5 Å². The molecule has 0 unspecified atom stereocenters. The summed E-state index contributed by atoms with van der Waals surface area (Å²) in [7, 11) is 4.83. The van der Waals surface area contributed by atoms with Crippen LogP contribution in [0.1, 0.15) is 0 Å². The molecule has 0 spiro atoms. The molecule has 5 nitrogen and oxygen atoms in total. The standard InChI is InChI=1S/C16H18N2O3/c1-18(12-7-5-4-6-8-12)16(19)17-14-11-13(20-2)9-10-15(14)21-3/h4-11H,1-3H3,(H,17,19). The van der Waals surface area contributed by atoms with E-state index >= 15 is 0 Å². The summed E-state index contributed by atoms with van der Waals surface area (Å²) in [6.45, 7) is 0. The Bertz CT molecular complexity index is 614. The second-order valence-electron chi connectivity index (χ2n) is 4.39. The molecule has 0 saturated carbocycles. The Morgan fingerprint density at radius 2 is 1.76 bits per heavy atom. The number of rotatable bonds is 4. The number of carbonyl (C=O) groups is 1. The largest absolute Gasteiger partial charge is 0.497 e. The maximum absolute atomic E-state index is 12.3. The van der Waals surface area contributed by atoms with Crippen LogP contribution in [0.5, 0.6) is 11.5 Å². The highest BCUT2D eigenvalue weighted by atomic mass is 16.5. The summed E-state index contributed by atoms with van der Waals surface area (Å²) in [5.41, 5.74) is 1.36. The van der Waals surface area contributed by atoms with Gasteiger partial charge in [-0.05, 0) is 24.3 Å². The van der Waals surface area contributed by atoms with Gasteiger partial charge in [-0.1, -0.05) is 18.2 Å². The first kappa shape index (κ1) is 14.7. The van der Waals surface area contributed by atoms with Gasteiger partial charge in [0.15, 0.2) is 0 Å². The summed E-state index contributed by atoms with van der Waals surface area (Å²) in [6.07, 6.45) is 0. The molecular formula is C16H18N2O3. The SMILES string of the molecule is COc1ccc(OC)c(NC(=O)N(C)c2ccccc2)c1. The van der Waals surface area contributed by atoms with Gasteiger partial charge in [-0.3, -0.25) is 4.90 Å². The van der Waals surface area contributed by atoms with Gasteiger partial charge in [0.2, 0.25) is 0 Å². The highest BCUT2D eigenvalue weighted by Crippen LogP contribution is 2.29. The van der Waals surface area contributed by atoms with Crippen LogP contribution >= 0.6 is 0 Å². The van der Waals surface area contributed by atoms with E-state index in [4.69, 9.17) is 9.47 Å². The third-order valence-corrected chi connectivity index (χ3v) is 3.10. The van der Waals surface area contributed by atoms with Crippen LogP contribution in [0.15, 0.2) is 48.5 Å². The summed E-state index contributed by atoms with van der Waals surface area (Å²) in [5.74, 6) is 1.22. The molecule has 0 aromatic heterocycles. The van der Waals surface area contributed by atoms with Crippen molar-refractivity contribution in [3.05, 3.63) is 48.5 Å². The molecule has 0 atom stereocenters. The number of carbonyl (C=O) groups excluding carboxylic acids is 1. The van der Waals surface area contributed by atoms with Gasteiger partial charge in [0, 0.05) is 18.8 Å². The smallest absolute Gasteiger partial charge is 0.326 e. The predicted octanol–water partition coefficient (Wildman–Crippen LogP) is 3.37. The number of hydrogen-bond donors (Lipinski definition) is 1. The van der Waals surface area contributed by atoms with Gasteiger partial charge in [-0.2, -0.15) is 0 Å². The lowest BCUT2D eigenvalue weighted by molar-refractivity contribution is 0.258. The first-order valence-corrected chi connectivity index (χ1v) is 6.47. The van der Waals surface area contributed by atoms with Gasteiger partial charge in [-0.25, -0.2) is 4.79 Å². The van der Waals surface area contributed by atoms with Crippen LogP contribution in [0.3, 0.4) is 0 Å². The molecule has 0 bridgehead atoms. The van der Waals surface area contributed by atoms with E-state index in [-0.39, 0.29) is 6.03 Å². The highest BCUT2D eigenvalue weighted by Gasteiger charge is 2.13. The van der Waals surface area contributed by atoms with Crippen LogP contribution in [0.25, 0.3) is 0 Å². The fraction of sp³-hybridized carbons (Fsp3) is 0.188. The number of anilines is 2. The van der Waals surface area contributed by atoms with Gasteiger partial charge in [0.05, 0.1) is 19.9 Å². The van der Waals surface area contributed by atoms with Crippen molar-refractivity contribution in [2.24, 2.45) is 0 Å². The van der Waals surface area contributed by atoms with Crippen molar-refractivity contribution in [3.63, 3.8) is 0 Å². The number of ether oxygens (including phenoxy) is 2. The van der Waals surface area contributed by atoms with Crippen LogP contribution in [-0.4, -0.2) is 27.3 Å². The van der Waals surface area contributed by atoms with E-state index in [2.05, 4.69) is 5.32 Å². The third kappa shape index (κ3) is 3.45. The van der Waals surface area contributed by atoms with Crippen LogP contribution in [0.2, 0.25) is 0 Å². The molecule has 2 aromatic carbocycles. The van der Waals surface area contributed by atoms with Gasteiger partial charge in [-0.15, -0.1) is 0 Å². The Labute approximate surface area is 124 Å². The monoisotopic (exact) mass is 286 g/mol. The minimum absolute atomic E-state index is 0.257. The molecule has 2 rings (SSSR count). The molecule has 110 valence electrons. The van der Waals surface area contributed by atoms with E-state index in [0.717, 1.165) is 5.69 Å². The molecule has 2 aromatic rings. The van der Waals surface area contributed by atoms with Crippen LogP contribution < -0.4 is 19.7 Å².